The van der Waals surface area contributed by atoms with E-state index < -0.39 is 19.4 Å². The molecular formula is C7H5BBrNO4. The highest BCUT2D eigenvalue weighted by Crippen LogP contribution is 2.11. The zero-order valence-corrected chi connectivity index (χ0v) is 8.47. The molecule has 5 nitrogen and oxygen atoms in total. The van der Waals surface area contributed by atoms with Gasteiger partial charge in [-0.3, -0.25) is 0 Å². The topological polar surface area (TPSA) is 68.7 Å². The van der Waals surface area contributed by atoms with Crippen molar-refractivity contribution in [2.75, 3.05) is 0 Å². The van der Waals surface area contributed by atoms with E-state index in [0.717, 1.165) is 0 Å². The SMILES string of the molecule is O=C1OB(c2cccnc2Br)OC1O. The van der Waals surface area contributed by atoms with Gasteiger partial charge in [-0.2, -0.15) is 0 Å². The smallest absolute Gasteiger partial charge is 0.502 e. The number of aromatic nitrogens is 1. The van der Waals surface area contributed by atoms with E-state index in [1.165, 1.54) is 0 Å². The molecule has 72 valence electrons. The zero-order valence-electron chi connectivity index (χ0n) is 6.88. The normalized spacial score (nSPS) is 21.1. The summed E-state index contributed by atoms with van der Waals surface area (Å²) in [5.74, 6) is -0.786. The van der Waals surface area contributed by atoms with Crippen LogP contribution < -0.4 is 5.46 Å². The Hall–Kier alpha value is -0.915. The van der Waals surface area contributed by atoms with E-state index in [4.69, 9.17) is 14.4 Å². The molecule has 14 heavy (non-hydrogen) atoms. The van der Waals surface area contributed by atoms with Gasteiger partial charge in [0.2, 0.25) is 6.29 Å². The van der Waals surface area contributed by atoms with Gasteiger partial charge in [-0.15, -0.1) is 0 Å². The number of rotatable bonds is 1. The molecule has 1 aliphatic rings. The van der Waals surface area contributed by atoms with Crippen LogP contribution in [0.15, 0.2) is 22.9 Å². The Morgan fingerprint density at radius 2 is 2.43 bits per heavy atom. The third-order valence-corrected chi connectivity index (χ3v) is 2.38. The van der Waals surface area contributed by atoms with Gasteiger partial charge in [0.15, 0.2) is 0 Å². The highest BCUT2D eigenvalue weighted by atomic mass is 79.9. The molecule has 2 rings (SSSR count). The molecule has 0 saturated carbocycles. The van der Waals surface area contributed by atoms with Crippen LogP contribution in [0.2, 0.25) is 0 Å². The molecule has 1 atom stereocenters. The Bertz CT molecular complexity index is 374. The van der Waals surface area contributed by atoms with Crippen molar-refractivity contribution in [3.05, 3.63) is 22.9 Å². The second kappa shape index (κ2) is 3.68. The van der Waals surface area contributed by atoms with Crippen molar-refractivity contribution >= 4 is 34.5 Å². The third kappa shape index (κ3) is 1.66. The highest BCUT2D eigenvalue weighted by molar-refractivity contribution is 9.10. The van der Waals surface area contributed by atoms with Gasteiger partial charge in [-0.1, -0.05) is 6.07 Å². The van der Waals surface area contributed by atoms with Gasteiger partial charge in [0.05, 0.1) is 0 Å². The first-order valence-corrected chi connectivity index (χ1v) is 4.62. The summed E-state index contributed by atoms with van der Waals surface area (Å²) in [6, 6.07) is 3.37. The largest absolute Gasteiger partial charge is 0.569 e. The molecule has 0 bridgehead atoms. The molecule has 2 heterocycles. The van der Waals surface area contributed by atoms with Crippen molar-refractivity contribution in [3.8, 4) is 0 Å². The molecule has 1 fully saturated rings. The number of aliphatic hydroxyl groups is 1. The lowest BCUT2D eigenvalue weighted by Crippen LogP contribution is -2.34. The first kappa shape index (κ1) is 9.63. The summed E-state index contributed by atoms with van der Waals surface area (Å²) in [6.07, 6.45) is 0.0768. The van der Waals surface area contributed by atoms with E-state index in [2.05, 4.69) is 20.9 Å². The van der Waals surface area contributed by atoms with Crippen LogP contribution >= 0.6 is 15.9 Å². The van der Waals surface area contributed by atoms with Crippen LogP contribution in [0.5, 0.6) is 0 Å². The maximum absolute atomic E-state index is 10.8. The first-order valence-electron chi connectivity index (χ1n) is 3.83. The first-order chi connectivity index (χ1) is 6.68. The summed E-state index contributed by atoms with van der Waals surface area (Å²) in [5, 5.41) is 8.99. The number of carbonyl (C=O) groups is 1. The van der Waals surface area contributed by atoms with Gasteiger partial charge in [-0.25, -0.2) is 9.78 Å². The molecule has 0 radical (unpaired) electrons. The molecule has 0 aromatic carbocycles. The van der Waals surface area contributed by atoms with Gasteiger partial charge < -0.3 is 14.4 Å². The monoisotopic (exact) mass is 257 g/mol. The summed E-state index contributed by atoms with van der Waals surface area (Å²) in [6.45, 7) is 0. The van der Waals surface area contributed by atoms with E-state index in [-0.39, 0.29) is 0 Å². The average molecular weight is 258 g/mol. The number of pyridine rings is 1. The second-order valence-corrected chi connectivity index (χ2v) is 3.39. The maximum atomic E-state index is 10.8. The minimum atomic E-state index is -1.51. The molecule has 7 heteroatoms. The van der Waals surface area contributed by atoms with E-state index in [9.17, 15) is 4.79 Å². The number of halogens is 1. The molecule has 1 unspecified atom stereocenters. The zero-order chi connectivity index (χ0) is 10.1. The van der Waals surface area contributed by atoms with Crippen LogP contribution in [0.4, 0.5) is 0 Å². The fourth-order valence-electron chi connectivity index (χ4n) is 1.08. The van der Waals surface area contributed by atoms with Crippen molar-refractivity contribution in [1.82, 2.24) is 4.98 Å². The lowest BCUT2D eigenvalue weighted by molar-refractivity contribution is -0.148. The van der Waals surface area contributed by atoms with E-state index >= 15 is 0 Å². The summed E-state index contributed by atoms with van der Waals surface area (Å²) in [4.78, 5) is 14.8. The fraction of sp³-hybridized carbons (Fsp3) is 0.143. The minimum absolute atomic E-state index is 0.520. The Morgan fingerprint density at radius 3 is 3.00 bits per heavy atom. The Kier molecular flexibility index (Phi) is 2.53. The van der Waals surface area contributed by atoms with Crippen LogP contribution in [0.3, 0.4) is 0 Å². The molecular weight excluding hydrogens is 253 g/mol. The molecule has 0 aliphatic carbocycles. The number of hydrogen-bond donors (Lipinski definition) is 1. The molecule has 1 aliphatic heterocycles. The van der Waals surface area contributed by atoms with Crippen molar-refractivity contribution < 1.29 is 19.2 Å². The predicted molar refractivity (Wildman–Crippen MR) is 50.5 cm³/mol. The maximum Gasteiger partial charge on any atom is 0.569 e. The molecule has 1 N–H and O–H groups in total. The Labute approximate surface area is 88.3 Å². The number of aliphatic hydroxyl groups excluding tert-OH is 1. The van der Waals surface area contributed by atoms with Gasteiger partial charge in [-0.05, 0) is 22.0 Å². The third-order valence-electron chi connectivity index (χ3n) is 1.72. The van der Waals surface area contributed by atoms with Crippen LogP contribution in [0.1, 0.15) is 0 Å². The van der Waals surface area contributed by atoms with Gasteiger partial charge in [0.25, 0.3) is 0 Å². The van der Waals surface area contributed by atoms with E-state index in [1.807, 2.05) is 0 Å². The van der Waals surface area contributed by atoms with Crippen molar-refractivity contribution in [2.24, 2.45) is 0 Å². The summed E-state index contributed by atoms with van der Waals surface area (Å²) < 4.78 is 10.1. The van der Waals surface area contributed by atoms with Crippen LogP contribution in [0.25, 0.3) is 0 Å². The van der Waals surface area contributed by atoms with Gasteiger partial charge in [0.1, 0.15) is 4.60 Å². The molecule has 1 aromatic heterocycles. The van der Waals surface area contributed by atoms with E-state index in [1.54, 1.807) is 18.3 Å². The fourth-order valence-corrected chi connectivity index (χ4v) is 1.51. The molecule has 1 saturated heterocycles. The van der Waals surface area contributed by atoms with E-state index in [0.29, 0.717) is 10.1 Å². The van der Waals surface area contributed by atoms with Crippen LogP contribution in [-0.2, 0) is 14.1 Å². The Balaban J connectivity index is 2.25. The van der Waals surface area contributed by atoms with Crippen molar-refractivity contribution in [1.29, 1.82) is 0 Å². The second-order valence-electron chi connectivity index (χ2n) is 2.64. The lowest BCUT2D eigenvalue weighted by atomic mass is 9.81. The summed E-state index contributed by atoms with van der Waals surface area (Å²) in [5.41, 5.74) is 0.567. The summed E-state index contributed by atoms with van der Waals surface area (Å²) >= 11 is 3.18. The molecule has 0 spiro atoms. The quantitative estimate of drug-likeness (QED) is 0.539. The molecule has 0 amide bonds. The highest BCUT2D eigenvalue weighted by Gasteiger charge is 2.41. The number of carbonyl (C=O) groups excluding carboxylic acids is 1. The average Bonchev–Trinajstić information content (AvgIpc) is 2.48. The van der Waals surface area contributed by atoms with Crippen LogP contribution in [-0.4, -0.2) is 29.5 Å². The van der Waals surface area contributed by atoms with Crippen LogP contribution in [0, 0.1) is 0 Å². The van der Waals surface area contributed by atoms with Crippen molar-refractivity contribution in [2.45, 2.75) is 6.29 Å². The van der Waals surface area contributed by atoms with Crippen molar-refractivity contribution in [3.63, 3.8) is 0 Å². The molecule has 1 aromatic rings. The number of hydrogen-bond acceptors (Lipinski definition) is 5. The lowest BCUT2D eigenvalue weighted by Gasteiger charge is -2.03. The Morgan fingerprint density at radius 1 is 1.64 bits per heavy atom. The standard InChI is InChI=1S/C7H5BBrNO4/c9-5-4(2-1-3-10-5)8-13-6(11)7(12)14-8/h1-3,6,11H. The predicted octanol–water partition coefficient (Wildman–Crippen LogP) is -0.569. The minimum Gasteiger partial charge on any atom is -0.502 e. The number of nitrogens with zero attached hydrogens (tertiary/aromatic N) is 1. The van der Waals surface area contributed by atoms with Gasteiger partial charge >= 0.3 is 13.1 Å². The van der Waals surface area contributed by atoms with Gasteiger partial charge in [0, 0.05) is 11.7 Å². The summed E-state index contributed by atoms with van der Waals surface area (Å²) in [7, 11) is -0.888.